The number of nitrogens with one attached hydrogen (secondary N) is 1. The highest BCUT2D eigenvalue weighted by Crippen LogP contribution is 2.25. The maximum absolute atomic E-state index is 4.31. The molecule has 1 aromatic heterocycles. The fraction of sp³-hybridized carbons (Fsp3) is 0.357. The smallest absolute Gasteiger partial charge is 0.0994 e. The first kappa shape index (κ1) is 11.9. The molecule has 0 bridgehead atoms. The van der Waals surface area contributed by atoms with Crippen molar-refractivity contribution in [2.45, 2.75) is 25.3 Å². The molecule has 3 nitrogen and oxygen atoms in total. The van der Waals surface area contributed by atoms with Gasteiger partial charge in [0.15, 0.2) is 0 Å². The number of aromatic nitrogens is 2. The third kappa shape index (κ3) is 2.35. The van der Waals surface area contributed by atoms with Crippen LogP contribution in [0.15, 0.2) is 41.3 Å². The lowest BCUT2D eigenvalue weighted by atomic mass is 10.0. The summed E-state index contributed by atoms with van der Waals surface area (Å²) in [7, 11) is 0. The van der Waals surface area contributed by atoms with Crippen LogP contribution in [0.1, 0.15) is 31.0 Å². The van der Waals surface area contributed by atoms with Gasteiger partial charge in [-0.3, -0.25) is 0 Å². The van der Waals surface area contributed by atoms with Crippen LogP contribution in [0.5, 0.6) is 0 Å². The Morgan fingerprint density at radius 1 is 1.33 bits per heavy atom. The second-order valence-corrected chi connectivity index (χ2v) is 5.59. The molecule has 3 rings (SSSR count). The fourth-order valence-corrected chi connectivity index (χ4v) is 2.90. The van der Waals surface area contributed by atoms with Gasteiger partial charge in [-0.15, -0.1) is 0 Å². The van der Waals surface area contributed by atoms with E-state index in [-0.39, 0.29) is 0 Å². The van der Waals surface area contributed by atoms with E-state index in [1.54, 1.807) is 0 Å². The summed E-state index contributed by atoms with van der Waals surface area (Å²) in [5, 5.41) is 3.57. The SMILES string of the molecule is Brc1cccc(-n2cncc2C2CCCCN2)c1. The topological polar surface area (TPSA) is 29.9 Å². The molecule has 1 aliphatic rings. The summed E-state index contributed by atoms with van der Waals surface area (Å²) in [5.74, 6) is 0. The zero-order valence-electron chi connectivity index (χ0n) is 10.1. The van der Waals surface area contributed by atoms with E-state index in [1.807, 2.05) is 18.6 Å². The van der Waals surface area contributed by atoms with E-state index >= 15 is 0 Å². The molecule has 1 saturated heterocycles. The van der Waals surface area contributed by atoms with Crippen LogP contribution in [0.25, 0.3) is 5.69 Å². The first-order valence-electron chi connectivity index (χ1n) is 6.36. The minimum absolute atomic E-state index is 0.431. The highest BCUT2D eigenvalue weighted by molar-refractivity contribution is 9.10. The molecule has 18 heavy (non-hydrogen) atoms. The lowest BCUT2D eigenvalue weighted by Gasteiger charge is -2.24. The molecule has 1 aromatic carbocycles. The fourth-order valence-electron chi connectivity index (χ4n) is 2.51. The van der Waals surface area contributed by atoms with Gasteiger partial charge in [0.25, 0.3) is 0 Å². The van der Waals surface area contributed by atoms with Gasteiger partial charge in [0, 0.05) is 16.2 Å². The minimum Gasteiger partial charge on any atom is -0.309 e. The van der Waals surface area contributed by atoms with Crippen molar-refractivity contribution in [3.63, 3.8) is 0 Å². The average Bonchev–Trinajstić information content (AvgIpc) is 2.89. The van der Waals surface area contributed by atoms with E-state index < -0.39 is 0 Å². The normalized spacial score (nSPS) is 19.9. The van der Waals surface area contributed by atoms with Crippen molar-refractivity contribution >= 4 is 15.9 Å². The largest absolute Gasteiger partial charge is 0.309 e. The number of nitrogens with zero attached hydrogens (tertiary/aromatic N) is 2. The second kappa shape index (κ2) is 5.24. The molecule has 1 aliphatic heterocycles. The number of hydrogen-bond acceptors (Lipinski definition) is 2. The maximum Gasteiger partial charge on any atom is 0.0994 e. The van der Waals surface area contributed by atoms with Crippen LogP contribution in [-0.4, -0.2) is 16.1 Å². The summed E-state index contributed by atoms with van der Waals surface area (Å²) < 4.78 is 3.27. The monoisotopic (exact) mass is 305 g/mol. The van der Waals surface area contributed by atoms with Crippen LogP contribution in [0, 0.1) is 0 Å². The van der Waals surface area contributed by atoms with Crippen molar-refractivity contribution in [2.24, 2.45) is 0 Å². The Morgan fingerprint density at radius 2 is 2.28 bits per heavy atom. The van der Waals surface area contributed by atoms with Crippen LogP contribution in [0.2, 0.25) is 0 Å². The van der Waals surface area contributed by atoms with Crippen molar-refractivity contribution < 1.29 is 0 Å². The minimum atomic E-state index is 0.431. The van der Waals surface area contributed by atoms with Gasteiger partial charge in [0.1, 0.15) is 0 Å². The van der Waals surface area contributed by atoms with Gasteiger partial charge in [0.05, 0.1) is 18.2 Å². The zero-order valence-corrected chi connectivity index (χ0v) is 11.7. The van der Waals surface area contributed by atoms with Crippen LogP contribution in [-0.2, 0) is 0 Å². The summed E-state index contributed by atoms with van der Waals surface area (Å²) in [6.07, 6.45) is 7.64. The molecule has 1 unspecified atom stereocenters. The highest BCUT2D eigenvalue weighted by atomic mass is 79.9. The number of hydrogen-bond donors (Lipinski definition) is 1. The Labute approximate surface area is 115 Å². The number of benzene rings is 1. The van der Waals surface area contributed by atoms with Gasteiger partial charge >= 0.3 is 0 Å². The van der Waals surface area contributed by atoms with Crippen LogP contribution in [0.4, 0.5) is 0 Å². The number of imidazole rings is 1. The average molecular weight is 306 g/mol. The van der Waals surface area contributed by atoms with Gasteiger partial charge in [-0.2, -0.15) is 0 Å². The van der Waals surface area contributed by atoms with Crippen molar-refractivity contribution in [1.82, 2.24) is 14.9 Å². The third-order valence-corrected chi connectivity index (χ3v) is 3.91. The van der Waals surface area contributed by atoms with Gasteiger partial charge in [-0.25, -0.2) is 4.98 Å². The van der Waals surface area contributed by atoms with Gasteiger partial charge in [-0.1, -0.05) is 28.4 Å². The van der Waals surface area contributed by atoms with Crippen molar-refractivity contribution in [3.05, 3.63) is 47.0 Å². The molecule has 0 spiro atoms. The summed E-state index contributed by atoms with van der Waals surface area (Å²) in [4.78, 5) is 4.31. The lowest BCUT2D eigenvalue weighted by molar-refractivity contribution is 0.402. The first-order valence-corrected chi connectivity index (χ1v) is 7.15. The predicted octanol–water partition coefficient (Wildman–Crippen LogP) is 3.45. The van der Waals surface area contributed by atoms with Crippen molar-refractivity contribution in [2.75, 3.05) is 6.54 Å². The predicted molar refractivity (Wildman–Crippen MR) is 75.9 cm³/mol. The number of piperidine rings is 1. The molecule has 0 aliphatic carbocycles. The Kier molecular flexibility index (Phi) is 3.48. The van der Waals surface area contributed by atoms with Crippen molar-refractivity contribution in [3.8, 4) is 5.69 Å². The van der Waals surface area contributed by atoms with Gasteiger partial charge < -0.3 is 9.88 Å². The van der Waals surface area contributed by atoms with E-state index in [0.29, 0.717) is 6.04 Å². The van der Waals surface area contributed by atoms with E-state index in [9.17, 15) is 0 Å². The molecular weight excluding hydrogens is 290 g/mol. The Morgan fingerprint density at radius 3 is 3.06 bits per heavy atom. The van der Waals surface area contributed by atoms with Crippen molar-refractivity contribution in [1.29, 1.82) is 0 Å². The number of halogens is 1. The summed E-state index contributed by atoms with van der Waals surface area (Å²) in [6, 6.07) is 8.75. The second-order valence-electron chi connectivity index (χ2n) is 4.67. The molecule has 2 heterocycles. The van der Waals surface area contributed by atoms with E-state index in [4.69, 9.17) is 0 Å². The quantitative estimate of drug-likeness (QED) is 0.921. The standard InChI is InChI=1S/C14H16BrN3/c15-11-4-3-5-12(8-11)18-10-16-9-14(18)13-6-1-2-7-17-13/h3-5,8-10,13,17H,1-2,6-7H2. The zero-order chi connectivity index (χ0) is 12.4. The lowest BCUT2D eigenvalue weighted by Crippen LogP contribution is -2.28. The number of rotatable bonds is 2. The maximum atomic E-state index is 4.31. The van der Waals surface area contributed by atoms with E-state index in [2.05, 4.69) is 49.0 Å². The molecular formula is C14H16BrN3. The third-order valence-electron chi connectivity index (χ3n) is 3.42. The molecule has 1 atom stereocenters. The van der Waals surface area contributed by atoms with Crippen LogP contribution in [0.3, 0.4) is 0 Å². The molecule has 0 saturated carbocycles. The highest BCUT2D eigenvalue weighted by Gasteiger charge is 2.18. The van der Waals surface area contributed by atoms with Gasteiger partial charge in [-0.05, 0) is 37.6 Å². The molecule has 0 radical (unpaired) electrons. The summed E-state index contributed by atoms with van der Waals surface area (Å²) in [6.45, 7) is 1.11. The van der Waals surface area contributed by atoms with E-state index in [1.165, 1.54) is 25.0 Å². The molecule has 94 valence electrons. The Hall–Kier alpha value is -1.13. The van der Waals surface area contributed by atoms with Crippen LogP contribution >= 0.6 is 15.9 Å². The molecule has 2 aromatic rings. The van der Waals surface area contributed by atoms with Crippen LogP contribution < -0.4 is 5.32 Å². The summed E-state index contributed by atoms with van der Waals surface area (Å²) >= 11 is 3.52. The summed E-state index contributed by atoms with van der Waals surface area (Å²) in [5.41, 5.74) is 2.41. The first-order chi connectivity index (χ1) is 8.84. The Balaban J connectivity index is 1.95. The van der Waals surface area contributed by atoms with Gasteiger partial charge in [0.2, 0.25) is 0 Å². The molecule has 1 N–H and O–H groups in total. The Bertz CT molecular complexity index is 529. The van der Waals surface area contributed by atoms with E-state index in [0.717, 1.165) is 16.7 Å². The molecule has 1 fully saturated rings. The molecule has 4 heteroatoms. The molecule has 0 amide bonds.